The van der Waals surface area contributed by atoms with Gasteiger partial charge < -0.3 is 14.5 Å². The fourth-order valence-electron chi connectivity index (χ4n) is 3.31. The molecule has 1 aromatic carbocycles. The standard InChI is InChI=1S/C18H22N2O4/c1-12(18(23)20-10-8-19(9-11-20)13(2)21)24-17-5-3-4-14-15(17)6-7-16(14)22/h3-5,12H,6-11H2,1-2H3. The zero-order chi connectivity index (χ0) is 17.3. The number of nitrogens with zero attached hydrogens (tertiary/aromatic N) is 2. The van der Waals surface area contributed by atoms with Gasteiger partial charge in [-0.2, -0.15) is 0 Å². The second-order valence-corrected chi connectivity index (χ2v) is 6.30. The van der Waals surface area contributed by atoms with Crippen molar-refractivity contribution in [2.75, 3.05) is 26.2 Å². The van der Waals surface area contributed by atoms with Crippen molar-refractivity contribution >= 4 is 17.6 Å². The van der Waals surface area contributed by atoms with E-state index in [-0.39, 0.29) is 17.6 Å². The fourth-order valence-corrected chi connectivity index (χ4v) is 3.31. The van der Waals surface area contributed by atoms with Crippen LogP contribution in [0.5, 0.6) is 5.75 Å². The van der Waals surface area contributed by atoms with Gasteiger partial charge in [-0.3, -0.25) is 14.4 Å². The quantitative estimate of drug-likeness (QED) is 0.837. The number of rotatable bonds is 3. The van der Waals surface area contributed by atoms with Crippen molar-refractivity contribution in [2.24, 2.45) is 0 Å². The van der Waals surface area contributed by atoms with Gasteiger partial charge in [0.1, 0.15) is 5.75 Å². The van der Waals surface area contributed by atoms with Crippen molar-refractivity contribution in [3.63, 3.8) is 0 Å². The normalized spacial score (nSPS) is 18.3. The molecule has 3 rings (SSSR count). The lowest BCUT2D eigenvalue weighted by Crippen LogP contribution is -2.52. The number of ether oxygens (including phenoxy) is 1. The third kappa shape index (κ3) is 3.13. The highest BCUT2D eigenvalue weighted by molar-refractivity contribution is 6.01. The number of hydrogen-bond acceptors (Lipinski definition) is 4. The van der Waals surface area contributed by atoms with Crippen LogP contribution in [0.1, 0.15) is 36.2 Å². The Kier molecular flexibility index (Phi) is 4.55. The Balaban J connectivity index is 1.64. The number of Topliss-reactive ketones (excluding diaryl/α,β-unsaturated/α-hetero) is 1. The smallest absolute Gasteiger partial charge is 0.263 e. The molecule has 1 heterocycles. The molecule has 1 saturated heterocycles. The zero-order valence-corrected chi connectivity index (χ0v) is 14.1. The molecule has 128 valence electrons. The largest absolute Gasteiger partial charge is 0.481 e. The summed E-state index contributed by atoms with van der Waals surface area (Å²) in [6, 6.07) is 5.42. The Labute approximate surface area is 141 Å². The van der Waals surface area contributed by atoms with Crippen LogP contribution in [0.15, 0.2) is 18.2 Å². The number of benzene rings is 1. The van der Waals surface area contributed by atoms with Crippen LogP contribution < -0.4 is 4.74 Å². The summed E-state index contributed by atoms with van der Waals surface area (Å²) in [5, 5.41) is 0. The minimum Gasteiger partial charge on any atom is -0.481 e. The van der Waals surface area contributed by atoms with Crippen molar-refractivity contribution < 1.29 is 19.1 Å². The Morgan fingerprint density at radius 3 is 2.42 bits per heavy atom. The second kappa shape index (κ2) is 6.63. The van der Waals surface area contributed by atoms with Crippen LogP contribution >= 0.6 is 0 Å². The van der Waals surface area contributed by atoms with Gasteiger partial charge in [-0.15, -0.1) is 0 Å². The summed E-state index contributed by atoms with van der Waals surface area (Å²) >= 11 is 0. The number of carbonyl (C=O) groups excluding carboxylic acids is 3. The number of fused-ring (bicyclic) bond motifs is 1. The van der Waals surface area contributed by atoms with E-state index < -0.39 is 6.10 Å². The lowest BCUT2D eigenvalue weighted by Gasteiger charge is -2.35. The highest BCUT2D eigenvalue weighted by Gasteiger charge is 2.29. The molecule has 1 unspecified atom stereocenters. The molecule has 0 radical (unpaired) electrons. The van der Waals surface area contributed by atoms with Gasteiger partial charge in [0.15, 0.2) is 11.9 Å². The lowest BCUT2D eigenvalue weighted by molar-refractivity contribution is -0.143. The van der Waals surface area contributed by atoms with Gasteiger partial charge in [-0.1, -0.05) is 12.1 Å². The molecule has 2 aliphatic rings. The minimum atomic E-state index is -0.615. The van der Waals surface area contributed by atoms with Crippen molar-refractivity contribution in [3.8, 4) is 5.75 Å². The predicted molar refractivity (Wildman–Crippen MR) is 88.0 cm³/mol. The van der Waals surface area contributed by atoms with Gasteiger partial charge in [-0.25, -0.2) is 0 Å². The number of carbonyl (C=O) groups is 3. The summed E-state index contributed by atoms with van der Waals surface area (Å²) in [7, 11) is 0. The van der Waals surface area contributed by atoms with E-state index >= 15 is 0 Å². The van der Waals surface area contributed by atoms with E-state index in [1.807, 2.05) is 12.1 Å². The first-order valence-electron chi connectivity index (χ1n) is 8.33. The average Bonchev–Trinajstić information content (AvgIpc) is 2.96. The van der Waals surface area contributed by atoms with E-state index in [0.29, 0.717) is 50.3 Å². The molecule has 1 aliphatic heterocycles. The molecule has 24 heavy (non-hydrogen) atoms. The molecule has 0 spiro atoms. The Morgan fingerprint density at radius 1 is 1.08 bits per heavy atom. The lowest BCUT2D eigenvalue weighted by atomic mass is 10.1. The van der Waals surface area contributed by atoms with Crippen LogP contribution in [-0.2, 0) is 16.0 Å². The highest BCUT2D eigenvalue weighted by Crippen LogP contribution is 2.31. The van der Waals surface area contributed by atoms with Crippen LogP contribution in [0.2, 0.25) is 0 Å². The molecular weight excluding hydrogens is 308 g/mol. The first kappa shape index (κ1) is 16.5. The molecule has 0 bridgehead atoms. The highest BCUT2D eigenvalue weighted by atomic mass is 16.5. The van der Waals surface area contributed by atoms with E-state index in [9.17, 15) is 14.4 Å². The number of piperazine rings is 1. The molecule has 6 nitrogen and oxygen atoms in total. The summed E-state index contributed by atoms with van der Waals surface area (Å²) in [5.74, 6) is 0.715. The predicted octanol–water partition coefficient (Wildman–Crippen LogP) is 1.27. The average molecular weight is 330 g/mol. The van der Waals surface area contributed by atoms with Crippen molar-refractivity contribution in [2.45, 2.75) is 32.8 Å². The third-order valence-electron chi connectivity index (χ3n) is 4.72. The van der Waals surface area contributed by atoms with E-state index in [1.165, 1.54) is 0 Å². The van der Waals surface area contributed by atoms with Crippen LogP contribution in [0.3, 0.4) is 0 Å². The van der Waals surface area contributed by atoms with Crippen LogP contribution in [0.4, 0.5) is 0 Å². The monoisotopic (exact) mass is 330 g/mol. The first-order chi connectivity index (χ1) is 11.5. The first-order valence-corrected chi connectivity index (χ1v) is 8.33. The summed E-state index contributed by atoms with van der Waals surface area (Å²) in [6.07, 6.45) is 0.559. The SMILES string of the molecule is CC(=O)N1CCN(C(=O)C(C)Oc2cccc3c2CCC3=O)CC1. The maximum atomic E-state index is 12.6. The molecule has 0 aromatic heterocycles. The van der Waals surface area contributed by atoms with Crippen LogP contribution in [0, 0.1) is 0 Å². The fraction of sp³-hybridized carbons (Fsp3) is 0.500. The molecule has 1 atom stereocenters. The summed E-state index contributed by atoms with van der Waals surface area (Å²) in [6.45, 7) is 5.44. The van der Waals surface area contributed by atoms with E-state index in [2.05, 4.69) is 0 Å². The van der Waals surface area contributed by atoms with Crippen molar-refractivity contribution in [1.82, 2.24) is 9.80 Å². The summed E-state index contributed by atoms with van der Waals surface area (Å²) < 4.78 is 5.87. The van der Waals surface area contributed by atoms with Crippen LogP contribution in [0.25, 0.3) is 0 Å². The van der Waals surface area contributed by atoms with Crippen LogP contribution in [-0.4, -0.2) is 59.7 Å². The van der Waals surface area contributed by atoms with Crippen molar-refractivity contribution in [1.29, 1.82) is 0 Å². The Bertz CT molecular complexity index is 678. The van der Waals surface area contributed by atoms with Gasteiger partial charge in [0.05, 0.1) is 0 Å². The van der Waals surface area contributed by atoms with Gasteiger partial charge >= 0.3 is 0 Å². The minimum absolute atomic E-state index is 0.0379. The topological polar surface area (TPSA) is 66.9 Å². The van der Waals surface area contributed by atoms with E-state index in [4.69, 9.17) is 4.74 Å². The molecule has 1 fully saturated rings. The second-order valence-electron chi connectivity index (χ2n) is 6.30. The number of ketones is 1. The summed E-state index contributed by atoms with van der Waals surface area (Å²) in [4.78, 5) is 39.2. The third-order valence-corrected chi connectivity index (χ3v) is 4.72. The van der Waals surface area contributed by atoms with Crippen molar-refractivity contribution in [3.05, 3.63) is 29.3 Å². The number of amides is 2. The molecule has 0 N–H and O–H groups in total. The van der Waals surface area contributed by atoms with Gasteiger partial charge in [0, 0.05) is 50.7 Å². The molecule has 1 aliphatic carbocycles. The van der Waals surface area contributed by atoms with E-state index in [1.54, 1.807) is 29.7 Å². The molecule has 2 amide bonds. The molecule has 0 saturated carbocycles. The maximum absolute atomic E-state index is 12.6. The maximum Gasteiger partial charge on any atom is 0.263 e. The van der Waals surface area contributed by atoms with Gasteiger partial charge in [-0.05, 0) is 19.4 Å². The molecular formula is C18H22N2O4. The Morgan fingerprint density at radius 2 is 1.75 bits per heavy atom. The molecule has 1 aromatic rings. The molecule has 6 heteroatoms. The van der Waals surface area contributed by atoms with Gasteiger partial charge in [0.2, 0.25) is 5.91 Å². The van der Waals surface area contributed by atoms with Gasteiger partial charge in [0.25, 0.3) is 5.91 Å². The number of hydrogen-bond donors (Lipinski definition) is 0. The van der Waals surface area contributed by atoms with E-state index in [0.717, 1.165) is 5.56 Å². The zero-order valence-electron chi connectivity index (χ0n) is 14.1. The summed E-state index contributed by atoms with van der Waals surface area (Å²) in [5.41, 5.74) is 1.62. The Hall–Kier alpha value is -2.37.